The summed E-state index contributed by atoms with van der Waals surface area (Å²) < 4.78 is 7.32. The number of aryl methyl sites for hydroxylation is 1. The van der Waals surface area contributed by atoms with Crippen LogP contribution in [0.15, 0.2) is 30.7 Å². The standard InChI is InChI=1S/C17H23N5O2/c23-16(5-1-9-22-10-3-7-20-22)19-12-15-6-8-18-17(21-15)14-4-2-11-24-13-14/h3,6-8,10,14H,1-2,4-5,9,11-13H2,(H,19,23)/t14-/m1/s1. The lowest BCUT2D eigenvalue weighted by atomic mass is 10.0. The molecule has 1 fully saturated rings. The third-order valence-electron chi connectivity index (χ3n) is 4.07. The number of carbonyl (C=O) groups excluding carboxylic acids is 1. The van der Waals surface area contributed by atoms with Crippen molar-refractivity contribution < 1.29 is 9.53 Å². The Morgan fingerprint density at radius 1 is 1.42 bits per heavy atom. The smallest absolute Gasteiger partial charge is 0.220 e. The van der Waals surface area contributed by atoms with Gasteiger partial charge in [-0.3, -0.25) is 9.48 Å². The van der Waals surface area contributed by atoms with Crippen molar-refractivity contribution in [2.75, 3.05) is 13.2 Å². The van der Waals surface area contributed by atoms with Gasteiger partial charge in [0.15, 0.2) is 0 Å². The molecule has 7 nitrogen and oxygen atoms in total. The van der Waals surface area contributed by atoms with E-state index in [4.69, 9.17) is 4.74 Å². The van der Waals surface area contributed by atoms with Crippen LogP contribution in [0.1, 0.15) is 43.1 Å². The first-order valence-electron chi connectivity index (χ1n) is 8.45. The molecule has 7 heteroatoms. The first-order valence-corrected chi connectivity index (χ1v) is 8.45. The van der Waals surface area contributed by atoms with Gasteiger partial charge >= 0.3 is 0 Å². The normalized spacial score (nSPS) is 17.6. The molecule has 3 heterocycles. The summed E-state index contributed by atoms with van der Waals surface area (Å²) in [7, 11) is 0. The molecule has 0 unspecified atom stereocenters. The second-order valence-corrected chi connectivity index (χ2v) is 5.97. The van der Waals surface area contributed by atoms with Gasteiger partial charge in [-0.15, -0.1) is 0 Å². The maximum atomic E-state index is 11.9. The lowest BCUT2D eigenvalue weighted by Gasteiger charge is -2.20. The average molecular weight is 329 g/mol. The van der Waals surface area contributed by atoms with Crippen molar-refractivity contribution in [3.05, 3.63) is 42.2 Å². The summed E-state index contributed by atoms with van der Waals surface area (Å²) in [6.45, 7) is 2.69. The number of hydrogen-bond acceptors (Lipinski definition) is 5. The van der Waals surface area contributed by atoms with Crippen molar-refractivity contribution in [3.8, 4) is 0 Å². The zero-order valence-corrected chi connectivity index (χ0v) is 13.7. The maximum Gasteiger partial charge on any atom is 0.220 e. The first kappa shape index (κ1) is 16.6. The van der Waals surface area contributed by atoms with E-state index in [1.54, 1.807) is 12.4 Å². The van der Waals surface area contributed by atoms with E-state index in [9.17, 15) is 4.79 Å². The van der Waals surface area contributed by atoms with Crippen molar-refractivity contribution in [2.24, 2.45) is 0 Å². The number of hydrogen-bond donors (Lipinski definition) is 1. The Kier molecular flexibility index (Phi) is 5.90. The molecule has 1 aliphatic heterocycles. The summed E-state index contributed by atoms with van der Waals surface area (Å²) in [5, 5.41) is 7.04. The molecular formula is C17H23N5O2. The van der Waals surface area contributed by atoms with Crippen molar-refractivity contribution in [1.29, 1.82) is 0 Å². The van der Waals surface area contributed by atoms with Gasteiger partial charge in [-0.25, -0.2) is 9.97 Å². The SMILES string of the molecule is O=C(CCCn1cccn1)NCc1ccnc([C@@H]2CCCOC2)n1. The molecule has 2 aromatic heterocycles. The quantitative estimate of drug-likeness (QED) is 0.835. The van der Waals surface area contributed by atoms with Gasteiger partial charge in [0.1, 0.15) is 5.82 Å². The molecular weight excluding hydrogens is 306 g/mol. The van der Waals surface area contributed by atoms with E-state index in [2.05, 4.69) is 20.4 Å². The van der Waals surface area contributed by atoms with E-state index in [-0.39, 0.29) is 11.8 Å². The van der Waals surface area contributed by atoms with E-state index < -0.39 is 0 Å². The average Bonchev–Trinajstić information content (AvgIpc) is 3.14. The molecule has 1 N–H and O–H groups in total. The van der Waals surface area contributed by atoms with Gasteiger partial charge in [-0.2, -0.15) is 5.10 Å². The van der Waals surface area contributed by atoms with Crippen molar-refractivity contribution in [3.63, 3.8) is 0 Å². The Hall–Kier alpha value is -2.28. The predicted molar refractivity (Wildman–Crippen MR) is 88.1 cm³/mol. The fourth-order valence-corrected chi connectivity index (χ4v) is 2.76. The van der Waals surface area contributed by atoms with E-state index >= 15 is 0 Å². The Balaban J connectivity index is 1.43. The topological polar surface area (TPSA) is 81.9 Å². The molecule has 0 aromatic carbocycles. The highest BCUT2D eigenvalue weighted by atomic mass is 16.5. The molecule has 128 valence electrons. The van der Waals surface area contributed by atoms with Gasteiger partial charge in [-0.1, -0.05) is 0 Å². The van der Waals surface area contributed by atoms with Crippen molar-refractivity contribution in [1.82, 2.24) is 25.1 Å². The Morgan fingerprint density at radius 3 is 3.17 bits per heavy atom. The zero-order valence-electron chi connectivity index (χ0n) is 13.7. The van der Waals surface area contributed by atoms with Crippen LogP contribution in [0, 0.1) is 0 Å². The molecule has 0 radical (unpaired) electrons. The Morgan fingerprint density at radius 2 is 2.38 bits per heavy atom. The summed E-state index contributed by atoms with van der Waals surface area (Å²) in [4.78, 5) is 20.9. The Labute approximate surface area is 141 Å². The number of aromatic nitrogens is 4. The van der Waals surface area contributed by atoms with Gasteiger partial charge in [0, 0.05) is 44.1 Å². The van der Waals surface area contributed by atoms with Crippen LogP contribution in [-0.2, 0) is 22.6 Å². The molecule has 1 atom stereocenters. The van der Waals surface area contributed by atoms with E-state index in [0.29, 0.717) is 19.6 Å². The van der Waals surface area contributed by atoms with Gasteiger partial charge in [0.05, 0.1) is 18.8 Å². The molecule has 1 saturated heterocycles. The van der Waals surface area contributed by atoms with E-state index in [1.165, 1.54) is 0 Å². The van der Waals surface area contributed by atoms with Crippen molar-refractivity contribution in [2.45, 2.75) is 44.7 Å². The molecule has 24 heavy (non-hydrogen) atoms. The second-order valence-electron chi connectivity index (χ2n) is 5.97. The van der Waals surface area contributed by atoms with Gasteiger partial charge in [0.25, 0.3) is 0 Å². The molecule has 0 bridgehead atoms. The number of nitrogens with one attached hydrogen (secondary N) is 1. The number of amides is 1. The fraction of sp³-hybridized carbons (Fsp3) is 0.529. The number of nitrogens with zero attached hydrogens (tertiary/aromatic N) is 4. The number of ether oxygens (including phenoxy) is 1. The lowest BCUT2D eigenvalue weighted by molar-refractivity contribution is -0.121. The Bertz CT molecular complexity index is 638. The van der Waals surface area contributed by atoms with E-state index in [0.717, 1.165) is 43.9 Å². The molecule has 2 aromatic rings. The van der Waals surface area contributed by atoms with Crippen molar-refractivity contribution >= 4 is 5.91 Å². The largest absolute Gasteiger partial charge is 0.381 e. The minimum atomic E-state index is 0.0309. The maximum absolute atomic E-state index is 11.9. The molecule has 1 amide bonds. The first-order chi connectivity index (χ1) is 11.8. The summed E-state index contributed by atoms with van der Waals surface area (Å²) in [6.07, 6.45) is 8.75. The summed E-state index contributed by atoms with van der Waals surface area (Å²) in [5.41, 5.74) is 0.839. The predicted octanol–water partition coefficient (Wildman–Crippen LogP) is 1.66. The number of carbonyl (C=O) groups is 1. The van der Waals surface area contributed by atoms with Crippen LogP contribution in [0.4, 0.5) is 0 Å². The third-order valence-corrected chi connectivity index (χ3v) is 4.07. The molecule has 0 aliphatic carbocycles. The summed E-state index contributed by atoms with van der Waals surface area (Å²) in [6, 6.07) is 3.72. The highest BCUT2D eigenvalue weighted by molar-refractivity contribution is 5.75. The van der Waals surface area contributed by atoms with Gasteiger partial charge < -0.3 is 10.1 Å². The molecule has 1 aliphatic rings. The highest BCUT2D eigenvalue weighted by Crippen LogP contribution is 2.22. The number of rotatable bonds is 7. The van der Waals surface area contributed by atoms with Gasteiger partial charge in [-0.05, 0) is 31.4 Å². The molecule has 0 spiro atoms. The summed E-state index contributed by atoms with van der Waals surface area (Å²) in [5.74, 6) is 1.12. The minimum Gasteiger partial charge on any atom is -0.381 e. The van der Waals surface area contributed by atoms with Gasteiger partial charge in [0.2, 0.25) is 5.91 Å². The fourth-order valence-electron chi connectivity index (χ4n) is 2.76. The van der Waals surface area contributed by atoms with Crippen LogP contribution < -0.4 is 5.32 Å². The minimum absolute atomic E-state index is 0.0309. The molecule has 0 saturated carbocycles. The second kappa shape index (κ2) is 8.54. The third kappa shape index (κ3) is 4.86. The highest BCUT2D eigenvalue weighted by Gasteiger charge is 2.18. The van der Waals surface area contributed by atoms with Crippen LogP contribution in [0.25, 0.3) is 0 Å². The van der Waals surface area contributed by atoms with Crippen LogP contribution in [0.5, 0.6) is 0 Å². The van der Waals surface area contributed by atoms with E-state index in [1.807, 2.05) is 23.0 Å². The van der Waals surface area contributed by atoms with Crippen LogP contribution in [0.2, 0.25) is 0 Å². The van der Waals surface area contributed by atoms with Crippen LogP contribution >= 0.6 is 0 Å². The lowest BCUT2D eigenvalue weighted by Crippen LogP contribution is -2.24. The molecule has 3 rings (SSSR count). The summed E-state index contributed by atoms with van der Waals surface area (Å²) >= 11 is 0. The monoisotopic (exact) mass is 329 g/mol. The zero-order chi connectivity index (χ0) is 16.6. The van der Waals surface area contributed by atoms with Crippen LogP contribution in [-0.4, -0.2) is 38.9 Å². The van der Waals surface area contributed by atoms with Crippen LogP contribution in [0.3, 0.4) is 0 Å².